The van der Waals surface area contributed by atoms with E-state index in [1.807, 2.05) is 44.2 Å². The SMILES string of the molecule is CC1(C)CC(NCCNC(=O)O)c2cc(-c3ccc(Cl)cc3)c(-c3ccc(Cl)cc3Cl)nc2O1. The fourth-order valence-corrected chi connectivity index (χ4v) is 4.71. The maximum absolute atomic E-state index is 10.8. The second kappa shape index (κ2) is 10.0. The number of nitrogens with zero attached hydrogens (tertiary/aromatic N) is 1. The van der Waals surface area contributed by atoms with Gasteiger partial charge in [0.15, 0.2) is 0 Å². The molecule has 4 rings (SSSR count). The zero-order valence-corrected chi connectivity index (χ0v) is 20.9. The predicted octanol–water partition coefficient (Wildman–Crippen LogP) is 6.84. The third-order valence-electron chi connectivity index (χ3n) is 5.59. The minimum absolute atomic E-state index is 0.0809. The Labute approximate surface area is 213 Å². The molecule has 2 aromatic carbocycles. The van der Waals surface area contributed by atoms with Crippen molar-refractivity contribution in [3.63, 3.8) is 0 Å². The van der Waals surface area contributed by atoms with E-state index in [1.165, 1.54) is 0 Å². The highest BCUT2D eigenvalue weighted by atomic mass is 35.5. The smallest absolute Gasteiger partial charge is 0.404 e. The van der Waals surface area contributed by atoms with Gasteiger partial charge in [-0.25, -0.2) is 9.78 Å². The van der Waals surface area contributed by atoms with E-state index in [4.69, 9.17) is 49.6 Å². The zero-order chi connectivity index (χ0) is 24.5. The van der Waals surface area contributed by atoms with Crippen LogP contribution < -0.4 is 15.4 Å². The molecule has 0 saturated carbocycles. The van der Waals surface area contributed by atoms with Crippen molar-refractivity contribution in [3.8, 4) is 28.3 Å². The molecule has 178 valence electrons. The first-order chi connectivity index (χ1) is 16.1. The van der Waals surface area contributed by atoms with E-state index in [9.17, 15) is 4.79 Å². The summed E-state index contributed by atoms with van der Waals surface area (Å²) >= 11 is 18.8. The average molecular weight is 521 g/mol. The maximum Gasteiger partial charge on any atom is 0.404 e. The Bertz CT molecular complexity index is 1220. The quantitative estimate of drug-likeness (QED) is 0.310. The molecule has 1 aromatic heterocycles. The second-order valence-electron chi connectivity index (χ2n) is 8.71. The minimum Gasteiger partial charge on any atom is -0.471 e. The molecular formula is C25H24Cl3N3O3. The van der Waals surface area contributed by atoms with Gasteiger partial charge in [-0.3, -0.25) is 0 Å². The number of nitrogens with one attached hydrogen (secondary N) is 2. The molecule has 9 heteroatoms. The number of fused-ring (bicyclic) bond motifs is 1. The van der Waals surface area contributed by atoms with Crippen molar-refractivity contribution in [3.05, 3.63) is 69.2 Å². The first kappa shape index (κ1) is 24.6. The number of halogens is 3. The van der Waals surface area contributed by atoms with Crippen LogP contribution in [0.1, 0.15) is 31.9 Å². The normalized spacial score (nSPS) is 16.4. The summed E-state index contributed by atoms with van der Waals surface area (Å²) in [6.07, 6.45) is -0.360. The van der Waals surface area contributed by atoms with Crippen LogP contribution in [-0.2, 0) is 0 Å². The molecule has 0 spiro atoms. The maximum atomic E-state index is 10.8. The Balaban J connectivity index is 1.83. The van der Waals surface area contributed by atoms with Gasteiger partial charge in [0.05, 0.1) is 10.7 Å². The molecule has 0 bridgehead atoms. The van der Waals surface area contributed by atoms with Crippen molar-refractivity contribution < 1.29 is 14.6 Å². The number of carboxylic acid groups (broad SMARTS) is 1. The van der Waals surface area contributed by atoms with Crippen molar-refractivity contribution >= 4 is 40.9 Å². The van der Waals surface area contributed by atoms with Crippen LogP contribution >= 0.6 is 34.8 Å². The molecule has 3 aromatic rings. The molecule has 2 heterocycles. The number of hydrogen-bond acceptors (Lipinski definition) is 4. The van der Waals surface area contributed by atoms with E-state index in [1.54, 1.807) is 12.1 Å². The second-order valence-corrected chi connectivity index (χ2v) is 9.99. The van der Waals surface area contributed by atoms with Crippen molar-refractivity contribution in [2.75, 3.05) is 13.1 Å². The lowest BCUT2D eigenvalue weighted by Crippen LogP contribution is -2.41. The predicted molar refractivity (Wildman–Crippen MR) is 136 cm³/mol. The summed E-state index contributed by atoms with van der Waals surface area (Å²) in [6.45, 7) is 4.76. The van der Waals surface area contributed by atoms with Crippen LogP contribution in [0, 0.1) is 0 Å². The van der Waals surface area contributed by atoms with Crippen molar-refractivity contribution in [2.45, 2.75) is 31.9 Å². The highest BCUT2D eigenvalue weighted by Gasteiger charge is 2.35. The van der Waals surface area contributed by atoms with Crippen molar-refractivity contribution in [2.24, 2.45) is 0 Å². The van der Waals surface area contributed by atoms with Crippen LogP contribution in [0.5, 0.6) is 5.88 Å². The third kappa shape index (κ3) is 5.58. The molecule has 1 atom stereocenters. The fraction of sp³-hybridized carbons (Fsp3) is 0.280. The Morgan fingerprint density at radius 2 is 1.76 bits per heavy atom. The first-order valence-corrected chi connectivity index (χ1v) is 11.9. The third-order valence-corrected chi connectivity index (χ3v) is 6.39. The first-order valence-electron chi connectivity index (χ1n) is 10.8. The summed E-state index contributed by atoms with van der Waals surface area (Å²) in [5, 5.41) is 16.3. The van der Waals surface area contributed by atoms with Gasteiger partial charge in [-0.05, 0) is 55.8 Å². The molecule has 1 unspecified atom stereocenters. The average Bonchev–Trinajstić information content (AvgIpc) is 2.76. The van der Waals surface area contributed by atoms with E-state index in [2.05, 4.69) is 16.7 Å². The number of pyridine rings is 1. The topological polar surface area (TPSA) is 83.5 Å². The fourth-order valence-electron chi connectivity index (χ4n) is 4.08. The Morgan fingerprint density at radius 3 is 2.44 bits per heavy atom. The number of aromatic nitrogens is 1. The number of hydrogen-bond donors (Lipinski definition) is 3. The highest BCUT2D eigenvalue weighted by molar-refractivity contribution is 6.36. The van der Waals surface area contributed by atoms with Crippen LogP contribution in [-0.4, -0.2) is 34.9 Å². The largest absolute Gasteiger partial charge is 0.471 e. The molecular weight excluding hydrogens is 497 g/mol. The Morgan fingerprint density at radius 1 is 1.06 bits per heavy atom. The van der Waals surface area contributed by atoms with E-state index < -0.39 is 11.7 Å². The summed E-state index contributed by atoms with van der Waals surface area (Å²) in [7, 11) is 0. The number of benzene rings is 2. The van der Waals surface area contributed by atoms with E-state index in [-0.39, 0.29) is 6.04 Å². The monoisotopic (exact) mass is 519 g/mol. The van der Waals surface area contributed by atoms with Crippen molar-refractivity contribution in [1.29, 1.82) is 0 Å². The van der Waals surface area contributed by atoms with Crippen LogP contribution in [0.25, 0.3) is 22.4 Å². The standard InChI is InChI=1S/C25H24Cl3N3O3/c1-25(2)13-21(29-9-10-30-24(32)33)19-12-18(14-3-5-15(26)6-4-14)22(31-23(19)34-25)17-8-7-16(27)11-20(17)28/h3-8,11-12,21,29-30H,9-10,13H2,1-2H3,(H,32,33). The van der Waals surface area contributed by atoms with Gasteiger partial charge >= 0.3 is 6.09 Å². The molecule has 0 fully saturated rings. The number of amides is 1. The van der Waals surface area contributed by atoms with Crippen LogP contribution in [0.15, 0.2) is 48.5 Å². The summed E-state index contributed by atoms with van der Waals surface area (Å²) in [5.41, 5.74) is 3.64. The molecule has 1 amide bonds. The molecule has 6 nitrogen and oxygen atoms in total. The van der Waals surface area contributed by atoms with E-state index in [0.717, 1.165) is 22.3 Å². The molecule has 0 radical (unpaired) electrons. The lowest BCUT2D eigenvalue weighted by Gasteiger charge is -2.38. The van der Waals surface area contributed by atoms with Gasteiger partial charge in [0, 0.05) is 52.3 Å². The Hall–Kier alpha value is -2.51. The van der Waals surface area contributed by atoms with Gasteiger partial charge in [0.1, 0.15) is 5.60 Å². The zero-order valence-electron chi connectivity index (χ0n) is 18.7. The van der Waals surface area contributed by atoms with Gasteiger partial charge in [0.25, 0.3) is 0 Å². The minimum atomic E-state index is -1.05. The summed E-state index contributed by atoms with van der Waals surface area (Å²) < 4.78 is 6.28. The summed E-state index contributed by atoms with van der Waals surface area (Å²) in [5.74, 6) is 0.513. The Kier molecular flexibility index (Phi) is 7.24. The van der Waals surface area contributed by atoms with Gasteiger partial charge < -0.3 is 20.5 Å². The lowest BCUT2D eigenvalue weighted by molar-refractivity contribution is 0.0604. The molecule has 1 aliphatic heterocycles. The summed E-state index contributed by atoms with van der Waals surface area (Å²) in [4.78, 5) is 15.7. The van der Waals surface area contributed by atoms with E-state index >= 15 is 0 Å². The van der Waals surface area contributed by atoms with Crippen LogP contribution in [0.4, 0.5) is 4.79 Å². The molecule has 3 N–H and O–H groups in total. The summed E-state index contributed by atoms with van der Waals surface area (Å²) in [6, 6.07) is 14.8. The van der Waals surface area contributed by atoms with Gasteiger partial charge in [-0.2, -0.15) is 0 Å². The van der Waals surface area contributed by atoms with Gasteiger partial charge in [-0.1, -0.05) is 46.9 Å². The van der Waals surface area contributed by atoms with Crippen LogP contribution in [0.2, 0.25) is 15.1 Å². The van der Waals surface area contributed by atoms with Gasteiger partial charge in [-0.15, -0.1) is 0 Å². The molecule has 0 aliphatic carbocycles. The van der Waals surface area contributed by atoms with Crippen LogP contribution in [0.3, 0.4) is 0 Å². The highest BCUT2D eigenvalue weighted by Crippen LogP contribution is 2.44. The molecule has 1 aliphatic rings. The van der Waals surface area contributed by atoms with E-state index in [0.29, 0.717) is 46.2 Å². The number of rotatable bonds is 6. The molecule has 0 saturated heterocycles. The number of ether oxygens (including phenoxy) is 1. The molecule has 34 heavy (non-hydrogen) atoms. The number of carbonyl (C=O) groups is 1. The van der Waals surface area contributed by atoms with Crippen molar-refractivity contribution in [1.82, 2.24) is 15.6 Å². The lowest BCUT2D eigenvalue weighted by atomic mass is 9.88. The van der Waals surface area contributed by atoms with Gasteiger partial charge in [0.2, 0.25) is 5.88 Å².